The predicted octanol–water partition coefficient (Wildman–Crippen LogP) is 2.86. The van der Waals surface area contributed by atoms with E-state index in [1.54, 1.807) is 0 Å². The van der Waals surface area contributed by atoms with Gasteiger partial charge in [-0.2, -0.15) is 5.26 Å². The second-order valence-corrected chi connectivity index (χ2v) is 5.06. The van der Waals surface area contributed by atoms with Crippen molar-refractivity contribution in [2.45, 2.75) is 38.9 Å². The molecule has 2 aliphatic rings. The van der Waals surface area contributed by atoms with E-state index in [0.29, 0.717) is 22.1 Å². The van der Waals surface area contributed by atoms with Gasteiger partial charge in [0, 0.05) is 24.0 Å². The first kappa shape index (κ1) is 10.7. The van der Waals surface area contributed by atoms with Crippen molar-refractivity contribution < 1.29 is 9.47 Å². The van der Waals surface area contributed by atoms with Gasteiger partial charge in [0.15, 0.2) is 0 Å². The average Bonchev–Trinajstić information content (AvgIpc) is 2.83. The maximum atomic E-state index is 9.30. The molecule has 2 atom stereocenters. The Morgan fingerprint density at radius 3 is 2.35 bits per heavy atom. The second-order valence-electron chi connectivity index (χ2n) is 4.68. The van der Waals surface area contributed by atoms with E-state index < -0.39 is 0 Å². The van der Waals surface area contributed by atoms with Crippen molar-refractivity contribution >= 4 is 11.6 Å². The summed E-state index contributed by atoms with van der Waals surface area (Å²) in [5, 5.41) is 9.93. The van der Waals surface area contributed by atoms with Gasteiger partial charge >= 0.3 is 0 Å². The van der Waals surface area contributed by atoms with Crippen molar-refractivity contribution in [3.8, 4) is 17.6 Å². The molecule has 0 aromatic heterocycles. The van der Waals surface area contributed by atoms with E-state index in [2.05, 4.69) is 6.07 Å². The number of hydrogen-bond donors (Lipinski definition) is 0. The number of halogens is 1. The monoisotopic (exact) mass is 249 g/mol. The van der Waals surface area contributed by atoms with Crippen molar-refractivity contribution in [3.63, 3.8) is 0 Å². The number of nitriles is 1. The van der Waals surface area contributed by atoms with Crippen molar-refractivity contribution in [2.24, 2.45) is 0 Å². The fraction of sp³-hybridized carbons (Fsp3) is 0.462. The Hall–Kier alpha value is -1.40. The Labute approximate surface area is 105 Å². The van der Waals surface area contributed by atoms with Crippen LogP contribution in [0.3, 0.4) is 0 Å². The first-order chi connectivity index (χ1) is 8.11. The predicted molar refractivity (Wildman–Crippen MR) is 63.8 cm³/mol. The summed E-state index contributed by atoms with van der Waals surface area (Å²) in [5.41, 5.74) is 2.43. The van der Waals surface area contributed by atoms with E-state index in [4.69, 9.17) is 21.1 Å². The average molecular weight is 250 g/mol. The number of benzene rings is 1. The molecule has 0 aliphatic carbocycles. The van der Waals surface area contributed by atoms with Crippen LogP contribution in [0.4, 0.5) is 0 Å². The molecule has 2 heterocycles. The van der Waals surface area contributed by atoms with E-state index in [1.165, 1.54) is 0 Å². The van der Waals surface area contributed by atoms with Gasteiger partial charge in [-0.25, -0.2) is 0 Å². The summed E-state index contributed by atoms with van der Waals surface area (Å²) in [4.78, 5) is 0. The molecule has 0 N–H and O–H groups in total. The molecule has 0 fully saturated rings. The van der Waals surface area contributed by atoms with Crippen molar-refractivity contribution in [3.05, 3.63) is 21.7 Å². The van der Waals surface area contributed by atoms with E-state index in [0.717, 1.165) is 24.0 Å². The van der Waals surface area contributed by atoms with Gasteiger partial charge in [-0.3, -0.25) is 0 Å². The minimum atomic E-state index is 0.0783. The van der Waals surface area contributed by atoms with Crippen LogP contribution in [0.5, 0.6) is 11.5 Å². The molecule has 3 rings (SSSR count). The number of fused-ring (bicyclic) bond motifs is 2. The Kier molecular flexibility index (Phi) is 2.24. The smallest absolute Gasteiger partial charge is 0.143 e. The molecule has 1 aromatic rings. The molecule has 0 bridgehead atoms. The Morgan fingerprint density at radius 1 is 1.12 bits per heavy atom. The zero-order valence-electron chi connectivity index (χ0n) is 9.71. The second kappa shape index (κ2) is 3.54. The lowest BCUT2D eigenvalue weighted by Crippen LogP contribution is -2.07. The normalized spacial score (nSPS) is 24.6. The lowest BCUT2D eigenvalue weighted by atomic mass is 9.98. The standard InChI is InChI=1S/C13H12ClNO2/c1-6-3-8-10(5-15)12-9(4-7(2)16-12)11(14)13(8)17-6/h6-7H,3-4H2,1-2H3. The van der Waals surface area contributed by atoms with Crippen LogP contribution in [0.1, 0.15) is 30.5 Å². The van der Waals surface area contributed by atoms with Gasteiger partial charge in [0.1, 0.15) is 35.3 Å². The van der Waals surface area contributed by atoms with Crippen LogP contribution < -0.4 is 9.47 Å². The quantitative estimate of drug-likeness (QED) is 0.710. The third-order valence-corrected chi connectivity index (χ3v) is 3.67. The first-order valence-electron chi connectivity index (χ1n) is 5.72. The highest BCUT2D eigenvalue weighted by atomic mass is 35.5. The Bertz CT molecular complexity index is 508. The molecular weight excluding hydrogens is 238 g/mol. The number of nitrogens with zero attached hydrogens (tertiary/aromatic N) is 1. The van der Waals surface area contributed by atoms with Gasteiger partial charge in [0.25, 0.3) is 0 Å². The molecular formula is C13H12ClNO2. The van der Waals surface area contributed by atoms with E-state index in [1.807, 2.05) is 13.8 Å². The molecule has 4 heteroatoms. The highest BCUT2D eigenvalue weighted by molar-refractivity contribution is 6.33. The number of rotatable bonds is 0. The van der Waals surface area contributed by atoms with Crippen LogP contribution in [-0.2, 0) is 12.8 Å². The molecule has 2 aliphatic heterocycles. The van der Waals surface area contributed by atoms with Gasteiger partial charge < -0.3 is 9.47 Å². The molecule has 1 aromatic carbocycles. The summed E-state index contributed by atoms with van der Waals surface area (Å²) in [6.45, 7) is 3.96. The summed E-state index contributed by atoms with van der Waals surface area (Å²) in [7, 11) is 0. The van der Waals surface area contributed by atoms with Crippen LogP contribution in [0.25, 0.3) is 0 Å². The Morgan fingerprint density at radius 2 is 1.71 bits per heavy atom. The summed E-state index contributed by atoms with van der Waals surface area (Å²) in [5.74, 6) is 1.36. The molecule has 3 nitrogen and oxygen atoms in total. The summed E-state index contributed by atoms with van der Waals surface area (Å²) in [6, 6.07) is 2.23. The van der Waals surface area contributed by atoms with Crippen molar-refractivity contribution in [2.75, 3.05) is 0 Å². The van der Waals surface area contributed by atoms with E-state index in [-0.39, 0.29) is 12.2 Å². The number of hydrogen-bond acceptors (Lipinski definition) is 3. The highest BCUT2D eigenvalue weighted by Crippen LogP contribution is 2.48. The van der Waals surface area contributed by atoms with Crippen molar-refractivity contribution in [1.82, 2.24) is 0 Å². The zero-order chi connectivity index (χ0) is 12.2. The summed E-state index contributed by atoms with van der Waals surface area (Å²) >= 11 is 6.34. The Balaban J connectivity index is 2.28. The van der Waals surface area contributed by atoms with Gasteiger partial charge in [-0.05, 0) is 13.8 Å². The SMILES string of the molecule is CC1Cc2c(C#N)c3c(c(Cl)c2O1)CC(C)O3. The maximum Gasteiger partial charge on any atom is 0.143 e. The van der Waals surface area contributed by atoms with E-state index in [9.17, 15) is 5.26 Å². The molecule has 0 saturated heterocycles. The van der Waals surface area contributed by atoms with Crippen LogP contribution >= 0.6 is 11.6 Å². The summed E-state index contributed by atoms with van der Waals surface area (Å²) in [6.07, 6.45) is 1.63. The van der Waals surface area contributed by atoms with Gasteiger partial charge in [-0.15, -0.1) is 0 Å². The van der Waals surface area contributed by atoms with Gasteiger partial charge in [0.2, 0.25) is 0 Å². The molecule has 0 amide bonds. The maximum absolute atomic E-state index is 9.30. The third-order valence-electron chi connectivity index (χ3n) is 3.27. The molecule has 88 valence electrons. The topological polar surface area (TPSA) is 42.2 Å². The minimum Gasteiger partial charge on any atom is -0.489 e. The summed E-state index contributed by atoms with van der Waals surface area (Å²) < 4.78 is 11.4. The van der Waals surface area contributed by atoms with Gasteiger partial charge in [-0.1, -0.05) is 11.6 Å². The van der Waals surface area contributed by atoms with Crippen molar-refractivity contribution in [1.29, 1.82) is 5.26 Å². The van der Waals surface area contributed by atoms with Gasteiger partial charge in [0.05, 0.1) is 5.02 Å². The third kappa shape index (κ3) is 1.41. The van der Waals surface area contributed by atoms with Crippen LogP contribution in [0.15, 0.2) is 0 Å². The fourth-order valence-corrected chi connectivity index (χ4v) is 2.90. The largest absolute Gasteiger partial charge is 0.489 e. The lowest BCUT2D eigenvalue weighted by molar-refractivity contribution is 0.253. The fourth-order valence-electron chi connectivity index (χ4n) is 2.58. The van der Waals surface area contributed by atoms with Crippen LogP contribution in [-0.4, -0.2) is 12.2 Å². The van der Waals surface area contributed by atoms with E-state index >= 15 is 0 Å². The molecule has 2 unspecified atom stereocenters. The zero-order valence-corrected chi connectivity index (χ0v) is 10.5. The molecule has 17 heavy (non-hydrogen) atoms. The first-order valence-corrected chi connectivity index (χ1v) is 6.10. The highest BCUT2D eigenvalue weighted by Gasteiger charge is 2.35. The minimum absolute atomic E-state index is 0.0783. The molecule has 0 radical (unpaired) electrons. The number of ether oxygens (including phenoxy) is 2. The molecule has 0 spiro atoms. The molecule has 0 saturated carbocycles. The van der Waals surface area contributed by atoms with Crippen LogP contribution in [0, 0.1) is 11.3 Å². The lowest BCUT2D eigenvalue weighted by Gasteiger charge is -2.10. The van der Waals surface area contributed by atoms with Crippen LogP contribution in [0.2, 0.25) is 5.02 Å².